The standard InChI is InChI=1S/C16H33NO/c1-7-16(4,5)13-8-9-15(18)14(10-13)17(6)11-12(2)3/h12-15,18H,7-11H2,1-6H3. The van der Waals surface area contributed by atoms with Crippen molar-refractivity contribution in [3.63, 3.8) is 0 Å². The van der Waals surface area contributed by atoms with Crippen LogP contribution in [-0.2, 0) is 0 Å². The van der Waals surface area contributed by atoms with E-state index >= 15 is 0 Å². The van der Waals surface area contributed by atoms with Crippen molar-refractivity contribution in [1.82, 2.24) is 4.90 Å². The van der Waals surface area contributed by atoms with Gasteiger partial charge in [-0.1, -0.05) is 41.0 Å². The minimum absolute atomic E-state index is 0.127. The lowest BCUT2D eigenvalue weighted by atomic mass is 9.67. The summed E-state index contributed by atoms with van der Waals surface area (Å²) in [6.07, 6.45) is 4.42. The Kier molecular flexibility index (Phi) is 5.67. The number of aliphatic hydroxyl groups is 1. The number of hydrogen-bond acceptors (Lipinski definition) is 2. The van der Waals surface area contributed by atoms with Gasteiger partial charge < -0.3 is 10.0 Å². The van der Waals surface area contributed by atoms with E-state index < -0.39 is 0 Å². The van der Waals surface area contributed by atoms with Gasteiger partial charge in [0.2, 0.25) is 0 Å². The van der Waals surface area contributed by atoms with Crippen molar-refractivity contribution in [2.45, 2.75) is 72.4 Å². The lowest BCUT2D eigenvalue weighted by Gasteiger charge is -2.45. The molecular weight excluding hydrogens is 222 g/mol. The minimum Gasteiger partial charge on any atom is -0.391 e. The molecule has 0 saturated heterocycles. The van der Waals surface area contributed by atoms with Crippen LogP contribution in [0.2, 0.25) is 0 Å². The third-order valence-electron chi connectivity index (χ3n) is 5.02. The van der Waals surface area contributed by atoms with Gasteiger partial charge in [0.15, 0.2) is 0 Å². The van der Waals surface area contributed by atoms with Crippen molar-refractivity contribution < 1.29 is 5.11 Å². The van der Waals surface area contributed by atoms with E-state index in [9.17, 15) is 5.11 Å². The fourth-order valence-electron chi connectivity index (χ4n) is 3.31. The zero-order valence-electron chi connectivity index (χ0n) is 13.2. The van der Waals surface area contributed by atoms with E-state index in [-0.39, 0.29) is 6.10 Å². The lowest BCUT2D eigenvalue weighted by Crippen LogP contribution is -2.48. The van der Waals surface area contributed by atoms with E-state index in [1.54, 1.807) is 0 Å². The number of hydrogen-bond donors (Lipinski definition) is 1. The quantitative estimate of drug-likeness (QED) is 0.812. The summed E-state index contributed by atoms with van der Waals surface area (Å²) in [4.78, 5) is 2.38. The normalized spacial score (nSPS) is 30.2. The van der Waals surface area contributed by atoms with E-state index in [1.807, 2.05) is 0 Å². The summed E-state index contributed by atoms with van der Waals surface area (Å²) < 4.78 is 0. The predicted molar refractivity (Wildman–Crippen MR) is 78.7 cm³/mol. The first kappa shape index (κ1) is 16.0. The van der Waals surface area contributed by atoms with Crippen LogP contribution in [0, 0.1) is 17.3 Å². The maximum absolute atomic E-state index is 10.3. The van der Waals surface area contributed by atoms with Gasteiger partial charge in [-0.3, -0.25) is 0 Å². The maximum Gasteiger partial charge on any atom is 0.0695 e. The Morgan fingerprint density at radius 2 is 1.89 bits per heavy atom. The third kappa shape index (κ3) is 3.96. The highest BCUT2D eigenvalue weighted by atomic mass is 16.3. The van der Waals surface area contributed by atoms with Crippen molar-refractivity contribution in [2.24, 2.45) is 17.3 Å². The minimum atomic E-state index is -0.127. The molecule has 0 heterocycles. The fraction of sp³-hybridized carbons (Fsp3) is 1.00. The van der Waals surface area contributed by atoms with E-state index in [1.165, 1.54) is 12.8 Å². The number of nitrogens with zero attached hydrogens (tertiary/aromatic N) is 1. The molecule has 1 fully saturated rings. The van der Waals surface area contributed by atoms with Crippen LogP contribution in [-0.4, -0.2) is 35.7 Å². The van der Waals surface area contributed by atoms with Crippen molar-refractivity contribution >= 4 is 0 Å². The van der Waals surface area contributed by atoms with Crippen LogP contribution in [0.5, 0.6) is 0 Å². The molecule has 0 bridgehead atoms. The Bertz CT molecular complexity index is 249. The Labute approximate surface area is 114 Å². The molecule has 3 unspecified atom stereocenters. The van der Waals surface area contributed by atoms with Gasteiger partial charge in [0.05, 0.1) is 6.10 Å². The van der Waals surface area contributed by atoms with Crippen molar-refractivity contribution in [3.05, 3.63) is 0 Å². The molecule has 2 nitrogen and oxygen atoms in total. The highest BCUT2D eigenvalue weighted by Gasteiger charge is 2.38. The Morgan fingerprint density at radius 1 is 1.28 bits per heavy atom. The second-order valence-electron chi connectivity index (χ2n) is 7.32. The van der Waals surface area contributed by atoms with Gasteiger partial charge in [-0.2, -0.15) is 0 Å². The average Bonchev–Trinajstić information content (AvgIpc) is 2.28. The zero-order valence-corrected chi connectivity index (χ0v) is 13.2. The van der Waals surface area contributed by atoms with Crippen LogP contribution < -0.4 is 0 Å². The van der Waals surface area contributed by atoms with E-state index in [0.29, 0.717) is 17.4 Å². The summed E-state index contributed by atoms with van der Waals surface area (Å²) in [5, 5.41) is 10.3. The first-order valence-electron chi connectivity index (χ1n) is 7.66. The fourth-order valence-corrected chi connectivity index (χ4v) is 3.31. The monoisotopic (exact) mass is 255 g/mol. The van der Waals surface area contributed by atoms with Crippen LogP contribution in [0.3, 0.4) is 0 Å². The topological polar surface area (TPSA) is 23.5 Å². The predicted octanol–water partition coefficient (Wildman–Crippen LogP) is 3.54. The van der Waals surface area contributed by atoms with Crippen LogP contribution >= 0.6 is 0 Å². The van der Waals surface area contributed by atoms with Gasteiger partial charge in [-0.15, -0.1) is 0 Å². The van der Waals surface area contributed by atoms with Gasteiger partial charge in [0.1, 0.15) is 0 Å². The van der Waals surface area contributed by atoms with E-state index in [4.69, 9.17) is 0 Å². The molecule has 0 spiro atoms. The molecule has 1 rings (SSSR count). The molecule has 0 radical (unpaired) electrons. The molecule has 0 aliphatic heterocycles. The second kappa shape index (κ2) is 6.38. The highest BCUT2D eigenvalue weighted by Crippen LogP contribution is 2.41. The molecule has 0 aromatic rings. The molecule has 108 valence electrons. The third-order valence-corrected chi connectivity index (χ3v) is 5.02. The molecule has 18 heavy (non-hydrogen) atoms. The number of aliphatic hydroxyl groups excluding tert-OH is 1. The summed E-state index contributed by atoms with van der Waals surface area (Å²) in [6.45, 7) is 12.6. The van der Waals surface area contributed by atoms with Gasteiger partial charge in [0, 0.05) is 12.6 Å². The van der Waals surface area contributed by atoms with E-state index in [0.717, 1.165) is 25.3 Å². The van der Waals surface area contributed by atoms with Crippen LogP contribution in [0.15, 0.2) is 0 Å². The smallest absolute Gasteiger partial charge is 0.0695 e. The Morgan fingerprint density at radius 3 is 2.39 bits per heavy atom. The Balaban J connectivity index is 2.66. The first-order valence-corrected chi connectivity index (χ1v) is 7.66. The highest BCUT2D eigenvalue weighted by molar-refractivity contribution is 4.91. The maximum atomic E-state index is 10.3. The molecule has 2 heteroatoms. The number of likely N-dealkylation sites (N-methyl/N-ethyl adjacent to an activating group) is 1. The summed E-state index contributed by atoms with van der Waals surface area (Å²) in [5.74, 6) is 1.42. The SMILES string of the molecule is CCC(C)(C)C1CCC(O)C(N(C)CC(C)C)C1. The largest absolute Gasteiger partial charge is 0.391 e. The van der Waals surface area contributed by atoms with Crippen molar-refractivity contribution in [1.29, 1.82) is 0 Å². The van der Waals surface area contributed by atoms with Crippen LogP contribution in [0.25, 0.3) is 0 Å². The summed E-state index contributed by atoms with van der Waals surface area (Å²) >= 11 is 0. The molecule has 0 aromatic carbocycles. The van der Waals surface area contributed by atoms with Gasteiger partial charge in [0.25, 0.3) is 0 Å². The second-order valence-corrected chi connectivity index (χ2v) is 7.32. The summed E-state index contributed by atoms with van der Waals surface area (Å²) in [7, 11) is 2.18. The number of rotatable bonds is 5. The zero-order chi connectivity index (χ0) is 13.9. The van der Waals surface area contributed by atoms with Gasteiger partial charge in [-0.05, 0) is 43.6 Å². The first-order chi connectivity index (χ1) is 8.27. The molecule has 3 atom stereocenters. The molecular formula is C16H33NO. The van der Waals surface area contributed by atoms with Gasteiger partial charge >= 0.3 is 0 Å². The van der Waals surface area contributed by atoms with Gasteiger partial charge in [-0.25, -0.2) is 0 Å². The van der Waals surface area contributed by atoms with E-state index in [2.05, 4.69) is 46.6 Å². The van der Waals surface area contributed by atoms with Crippen LogP contribution in [0.4, 0.5) is 0 Å². The molecule has 1 aliphatic carbocycles. The van der Waals surface area contributed by atoms with Crippen molar-refractivity contribution in [3.8, 4) is 0 Å². The molecule has 0 aromatic heterocycles. The van der Waals surface area contributed by atoms with Crippen LogP contribution in [0.1, 0.15) is 60.3 Å². The summed E-state index contributed by atoms with van der Waals surface area (Å²) in [6, 6.07) is 0.358. The molecule has 1 aliphatic rings. The van der Waals surface area contributed by atoms with Crippen molar-refractivity contribution in [2.75, 3.05) is 13.6 Å². The Hall–Kier alpha value is -0.0800. The molecule has 1 saturated carbocycles. The lowest BCUT2D eigenvalue weighted by molar-refractivity contribution is -0.0148. The summed E-state index contributed by atoms with van der Waals surface area (Å²) in [5.41, 5.74) is 0.414. The molecule has 0 amide bonds. The average molecular weight is 255 g/mol. The molecule has 1 N–H and O–H groups in total.